The van der Waals surface area contributed by atoms with Crippen LogP contribution in [0.2, 0.25) is 0 Å². The molecule has 0 atom stereocenters. The minimum Gasteiger partial charge on any atom is -0.450 e. The van der Waals surface area contributed by atoms with Crippen molar-refractivity contribution in [3.8, 4) is 0 Å². The summed E-state index contributed by atoms with van der Waals surface area (Å²) in [5.74, 6) is 2.25. The molecule has 1 aliphatic heterocycles. The van der Waals surface area contributed by atoms with E-state index in [1.54, 1.807) is 6.08 Å². The number of carbonyl (C=O) groups is 2. The van der Waals surface area contributed by atoms with Gasteiger partial charge in [0.1, 0.15) is 5.76 Å². The minimum absolute atomic E-state index is 0.0288. The maximum absolute atomic E-state index is 13.4. The maximum Gasteiger partial charge on any atom is 0.285 e. The second-order valence-electron chi connectivity index (χ2n) is 10.2. The van der Waals surface area contributed by atoms with Crippen molar-refractivity contribution in [1.29, 1.82) is 0 Å². The summed E-state index contributed by atoms with van der Waals surface area (Å²) in [7, 11) is 0. The highest BCUT2D eigenvalue weighted by Crippen LogP contribution is 2.60. The molecule has 1 N–H and O–H groups in total. The third kappa shape index (κ3) is 4.14. The predicted octanol–water partition coefficient (Wildman–Crippen LogP) is 6.19. The van der Waals surface area contributed by atoms with E-state index in [0.717, 1.165) is 29.3 Å². The first-order valence-corrected chi connectivity index (χ1v) is 13.8. The van der Waals surface area contributed by atoms with Crippen molar-refractivity contribution in [3.63, 3.8) is 0 Å². The molecule has 2 aromatic rings. The lowest BCUT2D eigenvalue weighted by molar-refractivity contribution is -0.152. The molecule has 34 heavy (non-hydrogen) atoms. The lowest BCUT2D eigenvalue weighted by Crippen LogP contribution is -2.57. The number of nitrogens with one attached hydrogen (secondary N) is 1. The molecule has 176 valence electrons. The fraction of sp³-hybridized carbons (Fsp3) is 0.423. The van der Waals surface area contributed by atoms with Crippen LogP contribution in [0, 0.1) is 30.1 Å². The average Bonchev–Trinajstić information content (AvgIpc) is 3.33. The molecule has 2 heterocycles. The minimum atomic E-state index is -0.328. The Balaban J connectivity index is 1.14. The first-order valence-electron chi connectivity index (χ1n) is 11.8. The molecule has 5 nitrogen and oxygen atoms in total. The van der Waals surface area contributed by atoms with Crippen molar-refractivity contribution in [2.75, 3.05) is 0 Å². The van der Waals surface area contributed by atoms with Gasteiger partial charge >= 0.3 is 0 Å². The highest BCUT2D eigenvalue weighted by atomic mass is 32.2. The standard InChI is InChI=1S/C26H26N2O3S3/c1-15-2-5-20(6-3-15)33-22-7-4-19(31-22)11-21-23(29)28(25(32)34-21)27-24(30)26-12-16-8-17(13-26)10-18(9-16)14-26/h2-7,11,16-18H,8-10,12-14H2,1H3,(H,27,30)/b21-11-. The first-order chi connectivity index (χ1) is 16.4. The van der Waals surface area contributed by atoms with Gasteiger partial charge in [-0.25, -0.2) is 0 Å². The number of hydrazine groups is 1. The summed E-state index contributed by atoms with van der Waals surface area (Å²) in [4.78, 5) is 28.0. The second kappa shape index (κ2) is 8.57. The smallest absolute Gasteiger partial charge is 0.285 e. The first kappa shape index (κ1) is 22.4. The molecule has 7 rings (SSSR count). The molecular weight excluding hydrogens is 484 g/mol. The van der Waals surface area contributed by atoms with Crippen molar-refractivity contribution >= 4 is 58.0 Å². The van der Waals surface area contributed by atoms with Crippen LogP contribution in [0.1, 0.15) is 49.8 Å². The predicted molar refractivity (Wildman–Crippen MR) is 138 cm³/mol. The van der Waals surface area contributed by atoms with E-state index in [1.807, 2.05) is 12.1 Å². The Kier molecular flexibility index (Phi) is 5.66. The molecule has 2 amide bonds. The number of nitrogens with zero attached hydrogens (tertiary/aromatic N) is 1. The number of hydrogen-bond acceptors (Lipinski definition) is 6. The summed E-state index contributed by atoms with van der Waals surface area (Å²) in [6.07, 6.45) is 8.35. The van der Waals surface area contributed by atoms with Gasteiger partial charge in [0, 0.05) is 11.0 Å². The van der Waals surface area contributed by atoms with E-state index in [4.69, 9.17) is 16.6 Å². The van der Waals surface area contributed by atoms with Gasteiger partial charge in [0.15, 0.2) is 9.41 Å². The molecule has 1 saturated heterocycles. The molecule has 4 saturated carbocycles. The lowest BCUT2D eigenvalue weighted by Gasteiger charge is -2.55. The van der Waals surface area contributed by atoms with Crippen LogP contribution in [-0.2, 0) is 9.59 Å². The van der Waals surface area contributed by atoms with Gasteiger partial charge in [0.05, 0.1) is 10.3 Å². The maximum atomic E-state index is 13.4. The van der Waals surface area contributed by atoms with Gasteiger partial charge in [-0.3, -0.25) is 15.0 Å². The van der Waals surface area contributed by atoms with E-state index >= 15 is 0 Å². The van der Waals surface area contributed by atoms with Gasteiger partial charge in [-0.15, -0.1) is 0 Å². The van der Waals surface area contributed by atoms with Crippen LogP contribution in [0.5, 0.6) is 0 Å². The van der Waals surface area contributed by atoms with E-state index in [-0.39, 0.29) is 17.2 Å². The van der Waals surface area contributed by atoms with Gasteiger partial charge < -0.3 is 4.42 Å². The number of carbonyl (C=O) groups excluding carboxylic acids is 2. The van der Waals surface area contributed by atoms with Crippen molar-refractivity contribution in [2.45, 2.75) is 55.4 Å². The third-order valence-electron chi connectivity index (χ3n) is 7.64. The number of amides is 2. The van der Waals surface area contributed by atoms with E-state index in [9.17, 15) is 9.59 Å². The highest BCUT2D eigenvalue weighted by molar-refractivity contribution is 8.26. The molecule has 4 bridgehead atoms. The van der Waals surface area contributed by atoms with Gasteiger partial charge in [-0.1, -0.05) is 41.2 Å². The Hall–Kier alpha value is -2.03. The zero-order valence-corrected chi connectivity index (χ0v) is 21.4. The van der Waals surface area contributed by atoms with Gasteiger partial charge in [-0.2, -0.15) is 5.01 Å². The van der Waals surface area contributed by atoms with Gasteiger partial charge in [0.2, 0.25) is 5.91 Å². The lowest BCUT2D eigenvalue weighted by atomic mass is 9.49. The fourth-order valence-electron chi connectivity index (χ4n) is 6.49. The number of hydrogen-bond donors (Lipinski definition) is 1. The number of benzene rings is 1. The zero-order chi connectivity index (χ0) is 23.4. The van der Waals surface area contributed by atoms with Crippen molar-refractivity contribution in [2.24, 2.45) is 23.2 Å². The molecule has 0 unspecified atom stereocenters. The summed E-state index contributed by atoms with van der Waals surface area (Å²) in [6, 6.07) is 12.0. The molecule has 8 heteroatoms. The molecule has 0 radical (unpaired) electrons. The van der Waals surface area contributed by atoms with Crippen molar-refractivity contribution in [1.82, 2.24) is 10.4 Å². The summed E-state index contributed by atoms with van der Waals surface area (Å²) >= 11 is 8.18. The molecule has 1 aromatic carbocycles. The van der Waals surface area contributed by atoms with E-state index < -0.39 is 0 Å². The molecule has 5 fully saturated rings. The normalized spacial score (nSPS) is 31.0. The fourth-order valence-corrected chi connectivity index (χ4v) is 8.43. The number of rotatable bonds is 5. The SMILES string of the molecule is Cc1ccc(Sc2ccc(/C=C3\SC(=S)N(NC(=O)C45CC6CC(CC(C6)C4)C5)C3=O)o2)cc1. The van der Waals surface area contributed by atoms with Crippen molar-refractivity contribution < 1.29 is 14.0 Å². The van der Waals surface area contributed by atoms with Crippen LogP contribution in [0.25, 0.3) is 6.08 Å². The Morgan fingerprint density at radius 1 is 1.12 bits per heavy atom. The van der Waals surface area contributed by atoms with Crippen LogP contribution in [0.15, 0.2) is 55.7 Å². The van der Waals surface area contributed by atoms with E-state index in [1.165, 1.54) is 53.4 Å². The summed E-state index contributed by atoms with van der Waals surface area (Å²) < 4.78 is 6.27. The summed E-state index contributed by atoms with van der Waals surface area (Å²) in [5, 5.41) is 2.01. The quantitative estimate of drug-likeness (QED) is 0.382. The Bertz CT molecular complexity index is 1160. The Morgan fingerprint density at radius 3 is 2.41 bits per heavy atom. The van der Waals surface area contributed by atoms with E-state index in [0.29, 0.717) is 32.7 Å². The van der Waals surface area contributed by atoms with Crippen LogP contribution in [0.4, 0.5) is 0 Å². The molecule has 5 aliphatic rings. The van der Waals surface area contributed by atoms with Crippen LogP contribution >= 0.6 is 35.7 Å². The monoisotopic (exact) mass is 510 g/mol. The molecular formula is C26H26N2O3S3. The zero-order valence-electron chi connectivity index (χ0n) is 18.9. The Morgan fingerprint density at radius 2 is 1.76 bits per heavy atom. The Labute approximate surface area is 213 Å². The van der Waals surface area contributed by atoms with E-state index in [2.05, 4.69) is 36.6 Å². The highest BCUT2D eigenvalue weighted by Gasteiger charge is 2.55. The number of furan rings is 1. The van der Waals surface area contributed by atoms with Crippen LogP contribution < -0.4 is 5.43 Å². The molecule has 1 aromatic heterocycles. The topological polar surface area (TPSA) is 62.6 Å². The average molecular weight is 511 g/mol. The molecule has 0 spiro atoms. The number of thiocarbonyl (C=S) groups is 1. The van der Waals surface area contributed by atoms with Crippen molar-refractivity contribution in [3.05, 3.63) is 52.6 Å². The molecule has 4 aliphatic carbocycles. The van der Waals surface area contributed by atoms with Gasteiger partial charge in [-0.05, 0) is 99.7 Å². The van der Waals surface area contributed by atoms with Gasteiger partial charge in [0.25, 0.3) is 5.91 Å². The van der Waals surface area contributed by atoms with Crippen LogP contribution in [-0.4, -0.2) is 21.1 Å². The number of aryl methyl sites for hydroxylation is 1. The summed E-state index contributed by atoms with van der Waals surface area (Å²) in [6.45, 7) is 2.06. The largest absolute Gasteiger partial charge is 0.450 e. The van der Waals surface area contributed by atoms with Crippen LogP contribution in [0.3, 0.4) is 0 Å². The second-order valence-corrected chi connectivity index (χ2v) is 13.0. The summed E-state index contributed by atoms with van der Waals surface area (Å²) in [5.41, 5.74) is 3.78. The third-order valence-corrected chi connectivity index (χ3v) is 9.87. The number of thioether (sulfide) groups is 1.